The lowest BCUT2D eigenvalue weighted by molar-refractivity contribution is 0.146. The second-order valence-electron chi connectivity index (χ2n) is 19.9. The van der Waals surface area contributed by atoms with E-state index in [0.29, 0.717) is 23.7 Å². The summed E-state index contributed by atoms with van der Waals surface area (Å²) < 4.78 is 11.3. The molecule has 1 aliphatic carbocycles. The van der Waals surface area contributed by atoms with Crippen LogP contribution in [0.3, 0.4) is 0 Å². The predicted molar refractivity (Wildman–Crippen MR) is 236 cm³/mol. The Morgan fingerprint density at radius 3 is 2.16 bits per heavy atom. The molecule has 0 aliphatic heterocycles. The van der Waals surface area contributed by atoms with E-state index in [9.17, 15) is 0 Å². The van der Waals surface area contributed by atoms with Gasteiger partial charge in [-0.05, 0) is 114 Å². The van der Waals surface area contributed by atoms with Gasteiger partial charge in [-0.25, -0.2) is 9.67 Å². The Bertz CT molecular complexity index is 2430. The molecule has 7 rings (SSSR count). The van der Waals surface area contributed by atoms with Crippen molar-refractivity contribution in [3.63, 3.8) is 0 Å². The fourth-order valence-corrected chi connectivity index (χ4v) is 9.19. The van der Waals surface area contributed by atoms with Crippen molar-refractivity contribution in [3.05, 3.63) is 119 Å². The molecule has 3 atom stereocenters. The minimum atomic E-state index is -0.103. The maximum atomic E-state index is 6.88. The number of fused-ring (bicyclic) bond motifs is 3. The lowest BCUT2D eigenvalue weighted by Crippen LogP contribution is -2.37. The summed E-state index contributed by atoms with van der Waals surface area (Å²) in [5.41, 5.74) is 11.0. The molecule has 5 nitrogen and oxygen atoms in total. The van der Waals surface area contributed by atoms with Gasteiger partial charge in [-0.3, -0.25) is 4.57 Å². The van der Waals surface area contributed by atoms with Crippen molar-refractivity contribution < 1.29 is 4.74 Å². The summed E-state index contributed by atoms with van der Waals surface area (Å²) in [6, 6.07) is 26.0. The van der Waals surface area contributed by atoms with Crippen molar-refractivity contribution in [2.75, 3.05) is 0 Å². The lowest BCUT2D eigenvalue weighted by Gasteiger charge is -2.48. The third kappa shape index (κ3) is 7.35. The number of para-hydroxylation sites is 1. The van der Waals surface area contributed by atoms with Crippen LogP contribution in [0, 0.1) is 42.4 Å². The van der Waals surface area contributed by atoms with Gasteiger partial charge >= 0.3 is 0 Å². The molecule has 0 radical (unpaired) electrons. The number of nitrogens with zero attached hydrogens (tertiary/aromatic N) is 4. The zero-order chi connectivity index (χ0) is 40.5. The normalized spacial score (nSPS) is 18.3. The summed E-state index contributed by atoms with van der Waals surface area (Å²) in [7, 11) is 0. The molecule has 0 bridgehead atoms. The minimum absolute atomic E-state index is 0.0392. The third-order valence-corrected chi connectivity index (χ3v) is 12.5. The Morgan fingerprint density at radius 1 is 0.786 bits per heavy atom. The number of rotatable bonds is 7. The predicted octanol–water partition coefficient (Wildman–Crippen LogP) is 14.0. The standard InChI is InChI=1S/C51H64N4O/c1-15-34-22-23-52-46(24-34)54-44-19-17-16-18-40(44)41-21-20-38(30-45(41)54)56-39-28-36(49(6,7)8)27-37(29-39)55-33(5)47(32(4)53-55)48-42(50(9,10)11)25-35(31(2)3)26-43(48)51(12,13)14/h16-25,27-31,35,43,48H,15,26H2,1-14H3/t35-,43-,48?/m0/s1. The van der Waals surface area contributed by atoms with Crippen LogP contribution in [0.5, 0.6) is 11.5 Å². The van der Waals surface area contributed by atoms with E-state index in [1.165, 1.54) is 39.6 Å². The maximum absolute atomic E-state index is 6.88. The molecule has 3 heterocycles. The molecule has 3 aromatic heterocycles. The number of hydrogen-bond acceptors (Lipinski definition) is 3. The number of aromatic nitrogens is 4. The van der Waals surface area contributed by atoms with Crippen molar-refractivity contribution in [3.8, 4) is 23.0 Å². The van der Waals surface area contributed by atoms with Gasteiger partial charge in [0.1, 0.15) is 17.3 Å². The summed E-state index contributed by atoms with van der Waals surface area (Å²) in [6.07, 6.45) is 6.71. The van der Waals surface area contributed by atoms with Gasteiger partial charge in [0.05, 0.1) is 22.4 Å². The van der Waals surface area contributed by atoms with Crippen molar-refractivity contribution in [2.45, 2.75) is 121 Å². The van der Waals surface area contributed by atoms with Gasteiger partial charge in [-0.1, -0.05) is 113 Å². The van der Waals surface area contributed by atoms with Crippen LogP contribution in [0.2, 0.25) is 0 Å². The van der Waals surface area contributed by atoms with Crippen molar-refractivity contribution in [1.82, 2.24) is 19.3 Å². The second kappa shape index (κ2) is 14.4. The van der Waals surface area contributed by atoms with E-state index in [2.05, 4.69) is 185 Å². The first kappa shape index (κ1) is 39.6. The first-order valence-electron chi connectivity index (χ1n) is 20.9. The molecule has 0 amide bonds. The van der Waals surface area contributed by atoms with Crippen LogP contribution in [0.1, 0.15) is 124 Å². The van der Waals surface area contributed by atoms with Crippen LogP contribution < -0.4 is 4.74 Å². The monoisotopic (exact) mass is 749 g/mol. The molecule has 1 aliphatic rings. The first-order valence-corrected chi connectivity index (χ1v) is 20.9. The summed E-state index contributed by atoms with van der Waals surface area (Å²) >= 11 is 0. The van der Waals surface area contributed by atoms with Gasteiger partial charge in [0.2, 0.25) is 0 Å². The fraction of sp³-hybridized carbons (Fsp3) is 0.451. The largest absolute Gasteiger partial charge is 0.457 e. The molecule has 5 heteroatoms. The summed E-state index contributed by atoms with van der Waals surface area (Å²) in [6.45, 7) is 32.8. The van der Waals surface area contributed by atoms with E-state index < -0.39 is 0 Å². The van der Waals surface area contributed by atoms with Gasteiger partial charge in [0, 0.05) is 46.3 Å². The van der Waals surface area contributed by atoms with Crippen LogP contribution in [0.15, 0.2) is 90.6 Å². The van der Waals surface area contributed by atoms with Crippen LogP contribution in [0.25, 0.3) is 33.3 Å². The molecular weight excluding hydrogens is 685 g/mol. The van der Waals surface area contributed by atoms with E-state index in [-0.39, 0.29) is 16.2 Å². The number of allylic oxidation sites excluding steroid dienone is 2. The number of pyridine rings is 1. The van der Waals surface area contributed by atoms with Crippen molar-refractivity contribution in [2.24, 2.45) is 28.6 Å². The van der Waals surface area contributed by atoms with Crippen LogP contribution in [0.4, 0.5) is 0 Å². The number of benzene rings is 3. The Balaban J connectivity index is 1.35. The molecule has 0 spiro atoms. The maximum Gasteiger partial charge on any atom is 0.137 e. The Hall–Kier alpha value is -4.64. The van der Waals surface area contributed by atoms with E-state index in [1.807, 2.05) is 6.20 Å². The highest BCUT2D eigenvalue weighted by Crippen LogP contribution is 2.55. The second-order valence-corrected chi connectivity index (χ2v) is 19.9. The summed E-state index contributed by atoms with van der Waals surface area (Å²) in [5.74, 6) is 4.47. The average Bonchev–Trinajstić information content (AvgIpc) is 3.62. The molecule has 0 N–H and O–H groups in total. The molecule has 56 heavy (non-hydrogen) atoms. The SMILES string of the molecule is CCc1ccnc(-n2c3ccccc3c3ccc(Oc4cc(-n5nc(C)c(C6C(C(C)(C)C)=C[C@H](C(C)C)C[C@@H]6C(C)(C)C)c5C)cc(C(C)(C)C)c4)cc32)c1. The lowest BCUT2D eigenvalue weighted by atomic mass is 9.57. The van der Waals surface area contributed by atoms with Gasteiger partial charge in [0.15, 0.2) is 0 Å². The highest BCUT2D eigenvalue weighted by molar-refractivity contribution is 6.09. The van der Waals surface area contributed by atoms with E-state index in [0.717, 1.165) is 46.2 Å². The van der Waals surface area contributed by atoms with Crippen LogP contribution >= 0.6 is 0 Å². The van der Waals surface area contributed by atoms with Gasteiger partial charge < -0.3 is 4.74 Å². The zero-order valence-electron chi connectivity index (χ0n) is 36.5. The van der Waals surface area contributed by atoms with Gasteiger partial charge in [-0.2, -0.15) is 5.10 Å². The quantitative estimate of drug-likeness (QED) is 0.153. The molecular formula is C51H64N4O. The minimum Gasteiger partial charge on any atom is -0.457 e. The zero-order valence-corrected chi connectivity index (χ0v) is 36.5. The third-order valence-electron chi connectivity index (χ3n) is 12.5. The average molecular weight is 749 g/mol. The number of hydrogen-bond donors (Lipinski definition) is 0. The highest BCUT2D eigenvalue weighted by Gasteiger charge is 2.45. The first-order chi connectivity index (χ1) is 26.3. The number of ether oxygens (including phenoxy) is 1. The van der Waals surface area contributed by atoms with Crippen LogP contribution in [-0.2, 0) is 11.8 Å². The summed E-state index contributed by atoms with van der Waals surface area (Å²) in [5, 5.41) is 7.74. The molecule has 0 saturated heterocycles. The van der Waals surface area contributed by atoms with Gasteiger partial charge in [-0.15, -0.1) is 0 Å². The van der Waals surface area contributed by atoms with Gasteiger partial charge in [0.25, 0.3) is 0 Å². The summed E-state index contributed by atoms with van der Waals surface area (Å²) in [4.78, 5) is 4.83. The molecule has 0 fully saturated rings. The smallest absolute Gasteiger partial charge is 0.137 e. The topological polar surface area (TPSA) is 44.9 Å². The molecule has 294 valence electrons. The molecule has 6 aromatic rings. The molecule has 1 unspecified atom stereocenters. The molecule has 3 aromatic carbocycles. The Kier molecular flexibility index (Phi) is 10.2. The fourth-order valence-electron chi connectivity index (χ4n) is 9.19. The van der Waals surface area contributed by atoms with E-state index in [4.69, 9.17) is 14.8 Å². The van der Waals surface area contributed by atoms with E-state index >= 15 is 0 Å². The highest BCUT2D eigenvalue weighted by atomic mass is 16.5. The van der Waals surface area contributed by atoms with Crippen molar-refractivity contribution in [1.29, 1.82) is 0 Å². The van der Waals surface area contributed by atoms with Crippen LogP contribution in [-0.4, -0.2) is 19.3 Å². The Labute approximate surface area is 336 Å². The molecule has 0 saturated carbocycles. The Morgan fingerprint density at radius 2 is 1.50 bits per heavy atom. The van der Waals surface area contributed by atoms with E-state index in [1.54, 1.807) is 5.57 Å². The number of aryl methyl sites for hydroxylation is 2. The van der Waals surface area contributed by atoms with Crippen molar-refractivity contribution >= 4 is 21.8 Å².